The summed E-state index contributed by atoms with van der Waals surface area (Å²) in [4.78, 5) is 12.9. The van der Waals surface area contributed by atoms with Gasteiger partial charge >= 0.3 is 0 Å². The minimum Gasteiger partial charge on any atom is -0.353 e. The molecule has 1 amide bonds. The summed E-state index contributed by atoms with van der Waals surface area (Å²) in [5.41, 5.74) is -2.12. The fourth-order valence-electron chi connectivity index (χ4n) is 5.13. The van der Waals surface area contributed by atoms with Crippen LogP contribution in [0.2, 0.25) is 0 Å². The van der Waals surface area contributed by atoms with E-state index in [0.29, 0.717) is 25.7 Å². The molecule has 0 aromatic heterocycles. The molecule has 0 spiro atoms. The van der Waals surface area contributed by atoms with Crippen LogP contribution in [0.1, 0.15) is 81.1 Å². The Hall–Kier alpha value is -0.690. The van der Waals surface area contributed by atoms with E-state index < -0.39 is 22.2 Å². The van der Waals surface area contributed by atoms with E-state index >= 15 is 0 Å². The van der Waals surface area contributed by atoms with Gasteiger partial charge in [0.25, 0.3) is 0 Å². The Labute approximate surface area is 152 Å². The van der Waals surface area contributed by atoms with Crippen molar-refractivity contribution in [2.45, 2.75) is 109 Å². The average molecular weight is 354 g/mol. The highest BCUT2D eigenvalue weighted by atomic mass is 16.5. The van der Waals surface area contributed by atoms with Crippen LogP contribution >= 0.6 is 0 Å². The predicted octanol–water partition coefficient (Wildman–Crippen LogP) is 3.08. The molecule has 0 unspecified atom stereocenters. The molecule has 6 heteroatoms. The molecule has 0 aromatic rings. The number of nitrogens with one attached hydrogen (secondary N) is 1. The molecular weight excluding hydrogens is 318 g/mol. The van der Waals surface area contributed by atoms with Gasteiger partial charge in [-0.1, -0.05) is 0 Å². The van der Waals surface area contributed by atoms with Gasteiger partial charge in [-0.15, -0.1) is 20.5 Å². The molecule has 0 saturated carbocycles. The summed E-state index contributed by atoms with van der Waals surface area (Å²) in [5, 5.41) is 30.5. The molecule has 1 N–H and O–H groups in total. The van der Waals surface area contributed by atoms with E-state index in [-0.39, 0.29) is 17.9 Å². The first-order valence-electron chi connectivity index (χ1n) is 9.34. The van der Waals surface area contributed by atoms with Gasteiger partial charge in [-0.2, -0.15) is 0 Å². The van der Waals surface area contributed by atoms with Crippen LogP contribution in [-0.4, -0.2) is 44.2 Å². The highest BCUT2D eigenvalue weighted by molar-refractivity contribution is 5.79. The minimum absolute atomic E-state index is 0.0146. The number of hydrogen-bond acceptors (Lipinski definition) is 3. The lowest BCUT2D eigenvalue weighted by molar-refractivity contribution is -0.293. The second kappa shape index (κ2) is 6.19. The third-order valence-corrected chi connectivity index (χ3v) is 5.90. The van der Waals surface area contributed by atoms with E-state index in [1.165, 1.54) is 5.06 Å². The van der Waals surface area contributed by atoms with Crippen LogP contribution in [0.25, 0.3) is 0 Å². The van der Waals surface area contributed by atoms with E-state index in [9.17, 15) is 15.2 Å². The molecule has 2 heterocycles. The standard InChI is InChI=1S/C19H35N3O3/c1-16(2)9-13(10-17(3,4)21(16)24)15(23)20-14-11-18(5,6)22(25)19(7,8)12-14/h13-14H,9-12H2,1-8H3,(H,20,23). The topological polar surface area (TPSA) is 75.4 Å². The van der Waals surface area contributed by atoms with Crippen LogP contribution in [-0.2, 0) is 15.2 Å². The number of hydroxylamine groups is 4. The van der Waals surface area contributed by atoms with E-state index in [1.807, 2.05) is 55.4 Å². The molecule has 6 nitrogen and oxygen atoms in total. The highest BCUT2D eigenvalue weighted by Gasteiger charge is 2.50. The van der Waals surface area contributed by atoms with Crippen molar-refractivity contribution in [3.8, 4) is 0 Å². The van der Waals surface area contributed by atoms with Crippen molar-refractivity contribution >= 4 is 5.91 Å². The van der Waals surface area contributed by atoms with Crippen LogP contribution in [0, 0.1) is 5.92 Å². The number of rotatable bonds is 2. The Bertz CT molecular complexity index is 492. The molecule has 0 aromatic carbocycles. The Morgan fingerprint density at radius 1 is 0.720 bits per heavy atom. The molecule has 144 valence electrons. The van der Waals surface area contributed by atoms with E-state index in [4.69, 9.17) is 0 Å². The van der Waals surface area contributed by atoms with Crippen LogP contribution in [0.3, 0.4) is 0 Å². The average Bonchev–Trinajstić information content (AvgIpc) is 2.40. The summed E-state index contributed by atoms with van der Waals surface area (Å²) < 4.78 is 0. The van der Waals surface area contributed by atoms with Crippen molar-refractivity contribution in [1.82, 2.24) is 15.4 Å². The molecule has 2 rings (SSSR count). The van der Waals surface area contributed by atoms with E-state index in [1.54, 1.807) is 0 Å². The predicted molar refractivity (Wildman–Crippen MR) is 95.3 cm³/mol. The molecule has 2 aliphatic rings. The Morgan fingerprint density at radius 2 is 1.04 bits per heavy atom. The maximum absolute atomic E-state index is 12.9. The number of carbonyl (C=O) groups excluding carboxylic acids is 1. The monoisotopic (exact) mass is 353 g/mol. The van der Waals surface area contributed by atoms with Crippen molar-refractivity contribution in [3.05, 3.63) is 0 Å². The maximum atomic E-state index is 12.9. The third-order valence-electron chi connectivity index (χ3n) is 5.90. The van der Waals surface area contributed by atoms with Gasteiger partial charge in [-0.3, -0.25) is 4.79 Å². The molecule has 25 heavy (non-hydrogen) atoms. The molecule has 0 bridgehead atoms. The zero-order valence-electron chi connectivity index (χ0n) is 17.1. The molecule has 2 radical (unpaired) electrons. The summed E-state index contributed by atoms with van der Waals surface area (Å²) in [5.74, 6) is -0.156. The van der Waals surface area contributed by atoms with Gasteiger partial charge in [0.2, 0.25) is 5.91 Å². The molecule has 2 fully saturated rings. The normalized spacial score (nSPS) is 30.2. The summed E-state index contributed by atoms with van der Waals surface area (Å²) in [6.07, 6.45) is 2.38. The van der Waals surface area contributed by atoms with E-state index in [0.717, 1.165) is 5.06 Å². The van der Waals surface area contributed by atoms with Crippen molar-refractivity contribution < 1.29 is 15.2 Å². The number of carbonyl (C=O) groups is 1. The van der Waals surface area contributed by atoms with Gasteiger partial charge < -0.3 is 5.32 Å². The fraction of sp³-hybridized carbons (Fsp3) is 0.947. The van der Waals surface area contributed by atoms with Gasteiger partial charge in [0, 0.05) is 34.1 Å². The van der Waals surface area contributed by atoms with Gasteiger partial charge in [0.1, 0.15) is 0 Å². The van der Waals surface area contributed by atoms with Crippen molar-refractivity contribution in [2.75, 3.05) is 0 Å². The second-order valence-electron chi connectivity index (χ2n) is 10.6. The summed E-state index contributed by atoms with van der Waals surface area (Å²) >= 11 is 0. The smallest absolute Gasteiger partial charge is 0.223 e. The minimum atomic E-state index is -0.555. The number of nitrogens with zero attached hydrogens (tertiary/aromatic N) is 2. The van der Waals surface area contributed by atoms with Crippen LogP contribution < -0.4 is 5.32 Å². The lowest BCUT2D eigenvalue weighted by Gasteiger charge is -2.51. The Morgan fingerprint density at radius 3 is 1.40 bits per heavy atom. The summed E-state index contributed by atoms with van der Waals surface area (Å²) in [6.45, 7) is 15.4. The van der Waals surface area contributed by atoms with E-state index in [2.05, 4.69) is 5.32 Å². The maximum Gasteiger partial charge on any atom is 0.223 e. The third kappa shape index (κ3) is 4.02. The molecule has 2 saturated heterocycles. The molecule has 0 aliphatic carbocycles. The lowest BCUT2D eigenvalue weighted by Crippen LogP contribution is -2.64. The first-order valence-corrected chi connectivity index (χ1v) is 9.34. The van der Waals surface area contributed by atoms with Gasteiger partial charge in [0.15, 0.2) is 0 Å². The van der Waals surface area contributed by atoms with Crippen LogP contribution in [0.15, 0.2) is 0 Å². The largest absolute Gasteiger partial charge is 0.353 e. The molecular formula is C19H35N3O3. The van der Waals surface area contributed by atoms with Crippen molar-refractivity contribution in [3.63, 3.8) is 0 Å². The number of hydrogen-bond donors (Lipinski definition) is 1. The SMILES string of the molecule is CC1(C)CC(NC(=O)C2CC(C)(C)N([O])C(C)(C)C2)CC(C)(C)N1[O]. The summed E-state index contributed by atoms with van der Waals surface area (Å²) in [7, 11) is 0. The summed E-state index contributed by atoms with van der Waals surface area (Å²) in [6, 6.07) is -0.0146. The first-order chi connectivity index (χ1) is 11.1. The Kier molecular flexibility index (Phi) is 5.10. The van der Waals surface area contributed by atoms with Gasteiger partial charge in [-0.05, 0) is 81.1 Å². The van der Waals surface area contributed by atoms with Crippen molar-refractivity contribution in [2.24, 2.45) is 5.92 Å². The van der Waals surface area contributed by atoms with Gasteiger partial charge in [0.05, 0.1) is 0 Å². The zero-order chi connectivity index (χ0) is 19.4. The lowest BCUT2D eigenvalue weighted by atomic mass is 9.74. The fourth-order valence-corrected chi connectivity index (χ4v) is 5.13. The van der Waals surface area contributed by atoms with Crippen LogP contribution in [0.5, 0.6) is 0 Å². The quantitative estimate of drug-likeness (QED) is 0.829. The Balaban J connectivity index is 2.10. The van der Waals surface area contributed by atoms with Crippen molar-refractivity contribution in [1.29, 1.82) is 0 Å². The van der Waals surface area contributed by atoms with Gasteiger partial charge in [-0.25, -0.2) is 0 Å². The second-order valence-corrected chi connectivity index (χ2v) is 10.6. The van der Waals surface area contributed by atoms with Crippen LogP contribution in [0.4, 0.5) is 0 Å². The molecule has 0 atom stereocenters. The number of piperidine rings is 2. The molecule has 2 aliphatic heterocycles. The highest BCUT2D eigenvalue weighted by Crippen LogP contribution is 2.41. The first kappa shape index (κ1) is 20.6. The zero-order valence-corrected chi connectivity index (χ0v) is 17.1. The number of amides is 1.